The van der Waals surface area contributed by atoms with E-state index in [0.29, 0.717) is 25.3 Å². The predicted octanol–water partition coefficient (Wildman–Crippen LogP) is 2.86. The van der Waals surface area contributed by atoms with E-state index in [4.69, 9.17) is 4.18 Å². The average molecular weight is 364 g/mol. The van der Waals surface area contributed by atoms with E-state index >= 15 is 0 Å². The van der Waals surface area contributed by atoms with Gasteiger partial charge in [0, 0.05) is 31.4 Å². The van der Waals surface area contributed by atoms with Crippen LogP contribution in [-0.2, 0) is 10.1 Å². The number of carbonyl (C=O) groups is 1. The molecule has 3 rings (SSSR count). The molecule has 0 aliphatic carbocycles. The van der Waals surface area contributed by atoms with Crippen molar-refractivity contribution in [1.82, 2.24) is 4.90 Å². The van der Waals surface area contributed by atoms with Gasteiger partial charge in [0.05, 0.1) is 0 Å². The highest BCUT2D eigenvalue weighted by atomic mass is 32.2. The van der Waals surface area contributed by atoms with Crippen LogP contribution in [0.2, 0.25) is 0 Å². The molecule has 0 N–H and O–H groups in total. The number of rotatable bonds is 5. The molecule has 8 heteroatoms. The molecular weight excluding hydrogens is 347 g/mol. The minimum atomic E-state index is -4.08. The minimum absolute atomic E-state index is 0.0699. The molecule has 2 amide bonds. The van der Waals surface area contributed by atoms with E-state index in [2.05, 4.69) is 0 Å². The number of hydrogen-bond donors (Lipinski definition) is 0. The molecule has 0 radical (unpaired) electrons. The maximum absolute atomic E-state index is 13.2. The van der Waals surface area contributed by atoms with E-state index in [9.17, 15) is 17.6 Å². The lowest BCUT2D eigenvalue weighted by Crippen LogP contribution is -2.31. The van der Waals surface area contributed by atoms with Gasteiger partial charge in [-0.3, -0.25) is 4.90 Å². The molecule has 25 heavy (non-hydrogen) atoms. The van der Waals surface area contributed by atoms with Crippen LogP contribution in [0.5, 0.6) is 5.75 Å². The average Bonchev–Trinajstić information content (AvgIpc) is 2.95. The van der Waals surface area contributed by atoms with Crippen molar-refractivity contribution in [3.05, 3.63) is 54.3 Å². The molecule has 1 fully saturated rings. The molecule has 0 aromatic heterocycles. The van der Waals surface area contributed by atoms with Crippen LogP contribution in [0.25, 0.3) is 0 Å². The number of carbonyl (C=O) groups excluding carboxylic acids is 1. The maximum Gasteiger partial charge on any atom is 0.339 e. The van der Waals surface area contributed by atoms with E-state index in [-0.39, 0.29) is 16.7 Å². The number of urea groups is 1. The fraction of sp³-hybridized carbons (Fsp3) is 0.235. The van der Waals surface area contributed by atoms with Gasteiger partial charge < -0.3 is 9.08 Å². The monoisotopic (exact) mass is 364 g/mol. The van der Waals surface area contributed by atoms with Crippen molar-refractivity contribution in [2.45, 2.75) is 11.8 Å². The molecule has 0 unspecified atom stereocenters. The summed E-state index contributed by atoms with van der Waals surface area (Å²) in [6, 6.07) is 10.7. The third-order valence-electron chi connectivity index (χ3n) is 3.92. The van der Waals surface area contributed by atoms with E-state index in [0.717, 1.165) is 6.07 Å². The smallest absolute Gasteiger partial charge is 0.339 e. The Morgan fingerprint density at radius 3 is 2.44 bits per heavy atom. The van der Waals surface area contributed by atoms with Crippen molar-refractivity contribution in [3.8, 4) is 5.75 Å². The lowest BCUT2D eigenvalue weighted by Gasteiger charge is -2.17. The Morgan fingerprint density at radius 2 is 1.84 bits per heavy atom. The van der Waals surface area contributed by atoms with E-state index in [1.807, 2.05) is 6.92 Å². The Hall–Kier alpha value is -2.61. The normalized spacial score (nSPS) is 14.9. The summed E-state index contributed by atoms with van der Waals surface area (Å²) in [5.74, 6) is -0.687. The summed E-state index contributed by atoms with van der Waals surface area (Å²) in [5.41, 5.74) is 0.616. The number of nitrogens with zero attached hydrogens (tertiary/aromatic N) is 2. The van der Waals surface area contributed by atoms with Crippen molar-refractivity contribution in [1.29, 1.82) is 0 Å². The van der Waals surface area contributed by atoms with E-state index < -0.39 is 15.9 Å². The fourth-order valence-electron chi connectivity index (χ4n) is 2.60. The molecule has 0 spiro atoms. The van der Waals surface area contributed by atoms with E-state index in [1.165, 1.54) is 30.3 Å². The summed E-state index contributed by atoms with van der Waals surface area (Å²) in [6.07, 6.45) is 0. The van der Waals surface area contributed by atoms with Gasteiger partial charge in [0.2, 0.25) is 0 Å². The Bertz CT molecular complexity index is 884. The highest BCUT2D eigenvalue weighted by Crippen LogP contribution is 2.24. The Balaban J connectivity index is 1.79. The Kier molecular flexibility index (Phi) is 4.63. The summed E-state index contributed by atoms with van der Waals surface area (Å²) < 4.78 is 42.6. The summed E-state index contributed by atoms with van der Waals surface area (Å²) >= 11 is 0. The molecule has 0 bridgehead atoms. The lowest BCUT2D eigenvalue weighted by atomic mass is 10.3. The zero-order chi connectivity index (χ0) is 18.0. The topological polar surface area (TPSA) is 66.9 Å². The maximum atomic E-state index is 13.2. The Morgan fingerprint density at radius 1 is 1.12 bits per heavy atom. The zero-order valence-corrected chi connectivity index (χ0v) is 14.4. The van der Waals surface area contributed by atoms with Crippen molar-refractivity contribution in [2.24, 2.45) is 0 Å². The number of anilines is 1. The van der Waals surface area contributed by atoms with Crippen molar-refractivity contribution < 1.29 is 21.8 Å². The quantitative estimate of drug-likeness (QED) is 0.765. The zero-order valence-electron chi connectivity index (χ0n) is 13.6. The molecule has 132 valence electrons. The summed E-state index contributed by atoms with van der Waals surface area (Å²) in [4.78, 5) is 15.4. The molecule has 6 nitrogen and oxygen atoms in total. The molecule has 1 aliphatic heterocycles. The van der Waals surface area contributed by atoms with Gasteiger partial charge in [-0.25, -0.2) is 9.18 Å². The van der Waals surface area contributed by atoms with Gasteiger partial charge in [-0.15, -0.1) is 0 Å². The SMILES string of the molecule is CCN1CCN(c2ccc(S(=O)(=O)Oc3cccc(F)c3)cc2)C1=O. The summed E-state index contributed by atoms with van der Waals surface area (Å²) in [7, 11) is -4.08. The molecular formula is C17H17FN2O4S. The first kappa shape index (κ1) is 17.2. The summed E-state index contributed by atoms with van der Waals surface area (Å²) in [6.45, 7) is 3.72. The van der Waals surface area contributed by atoms with Crippen LogP contribution < -0.4 is 9.08 Å². The first-order chi connectivity index (χ1) is 11.9. The van der Waals surface area contributed by atoms with Crippen LogP contribution in [0.4, 0.5) is 14.9 Å². The van der Waals surface area contributed by atoms with Gasteiger partial charge in [-0.2, -0.15) is 8.42 Å². The van der Waals surface area contributed by atoms with Crippen molar-refractivity contribution >= 4 is 21.8 Å². The fourth-order valence-corrected chi connectivity index (χ4v) is 3.52. The van der Waals surface area contributed by atoms with Crippen LogP contribution in [0.3, 0.4) is 0 Å². The highest BCUT2D eigenvalue weighted by molar-refractivity contribution is 7.87. The standard InChI is InChI=1S/C17H17FN2O4S/c1-2-19-10-11-20(17(19)21)14-6-8-16(9-7-14)25(22,23)24-15-5-3-4-13(18)12-15/h3-9,12H,2,10-11H2,1H3. The predicted molar refractivity (Wildman–Crippen MR) is 90.6 cm³/mol. The van der Waals surface area contributed by atoms with Gasteiger partial charge in [0.1, 0.15) is 16.5 Å². The number of amides is 2. The highest BCUT2D eigenvalue weighted by Gasteiger charge is 2.28. The minimum Gasteiger partial charge on any atom is -0.379 e. The van der Waals surface area contributed by atoms with Crippen molar-refractivity contribution in [3.63, 3.8) is 0 Å². The first-order valence-corrected chi connectivity index (χ1v) is 9.18. The van der Waals surface area contributed by atoms with Crippen LogP contribution in [0, 0.1) is 5.82 Å². The van der Waals surface area contributed by atoms with Gasteiger partial charge in [-0.05, 0) is 43.3 Å². The molecule has 0 saturated carbocycles. The number of benzene rings is 2. The molecule has 2 aromatic carbocycles. The number of hydrogen-bond acceptors (Lipinski definition) is 4. The van der Waals surface area contributed by atoms with Crippen LogP contribution >= 0.6 is 0 Å². The number of likely N-dealkylation sites (N-methyl/N-ethyl adjacent to an activating group) is 1. The molecule has 1 aliphatic rings. The first-order valence-electron chi connectivity index (χ1n) is 7.77. The largest absolute Gasteiger partial charge is 0.379 e. The second kappa shape index (κ2) is 6.72. The third-order valence-corrected chi connectivity index (χ3v) is 5.18. The summed E-state index contributed by atoms with van der Waals surface area (Å²) in [5, 5.41) is 0. The molecule has 2 aromatic rings. The van der Waals surface area contributed by atoms with Gasteiger partial charge in [-0.1, -0.05) is 6.07 Å². The Labute approximate surface area is 145 Å². The lowest BCUT2D eigenvalue weighted by molar-refractivity contribution is 0.223. The van der Waals surface area contributed by atoms with Gasteiger partial charge >= 0.3 is 16.1 Å². The number of halogens is 1. The second-order valence-electron chi connectivity index (χ2n) is 5.50. The van der Waals surface area contributed by atoms with Crippen LogP contribution in [-0.4, -0.2) is 39.0 Å². The molecule has 0 atom stereocenters. The molecule has 1 saturated heterocycles. The van der Waals surface area contributed by atoms with Crippen LogP contribution in [0.15, 0.2) is 53.4 Å². The van der Waals surface area contributed by atoms with Crippen molar-refractivity contribution in [2.75, 3.05) is 24.5 Å². The van der Waals surface area contributed by atoms with Crippen LogP contribution in [0.1, 0.15) is 6.92 Å². The van der Waals surface area contributed by atoms with Gasteiger partial charge in [0.25, 0.3) is 0 Å². The molecule has 1 heterocycles. The van der Waals surface area contributed by atoms with Gasteiger partial charge in [0.15, 0.2) is 0 Å². The second-order valence-corrected chi connectivity index (χ2v) is 7.05. The van der Waals surface area contributed by atoms with E-state index in [1.54, 1.807) is 21.9 Å². The third kappa shape index (κ3) is 3.58.